The summed E-state index contributed by atoms with van der Waals surface area (Å²) in [6, 6.07) is 8.15. The van der Waals surface area contributed by atoms with Gasteiger partial charge in [0.1, 0.15) is 5.75 Å². The van der Waals surface area contributed by atoms with E-state index in [-0.39, 0.29) is 0 Å². The Bertz CT molecular complexity index is 434. The molecular formula is C14H18N2O2. The molecule has 0 saturated carbocycles. The minimum absolute atomic E-state index is 0.495. The number of nitrogens with zero attached hydrogens (tertiary/aromatic N) is 1. The molecule has 0 atom stereocenters. The highest BCUT2D eigenvalue weighted by atomic mass is 16.5. The molecule has 1 aliphatic heterocycles. The zero-order chi connectivity index (χ0) is 12.8. The number of nitriles is 1. The summed E-state index contributed by atoms with van der Waals surface area (Å²) in [4.78, 5) is 0. The fraction of sp³-hybridized carbons (Fsp3) is 0.500. The van der Waals surface area contributed by atoms with Gasteiger partial charge in [-0.25, -0.2) is 0 Å². The standard InChI is InChI=1S/C14H18N2O2/c1-17-14-3-2-11(9-15)8-12(14)10-16-13-4-6-18-7-5-13/h2-3,8,13,16H,4-7,10H2,1H3. The molecule has 0 bridgehead atoms. The van der Waals surface area contributed by atoms with Crippen LogP contribution in [0.5, 0.6) is 5.75 Å². The second-order valence-corrected chi connectivity index (χ2v) is 4.41. The Morgan fingerprint density at radius 3 is 2.89 bits per heavy atom. The molecule has 0 unspecified atom stereocenters. The van der Waals surface area contributed by atoms with Gasteiger partial charge < -0.3 is 14.8 Å². The van der Waals surface area contributed by atoms with Crippen LogP contribution in [0.1, 0.15) is 24.0 Å². The smallest absolute Gasteiger partial charge is 0.123 e. The highest BCUT2D eigenvalue weighted by Gasteiger charge is 2.14. The van der Waals surface area contributed by atoms with Gasteiger partial charge in [0, 0.05) is 31.4 Å². The first kappa shape index (κ1) is 12.9. The van der Waals surface area contributed by atoms with Crippen LogP contribution in [0.2, 0.25) is 0 Å². The second-order valence-electron chi connectivity index (χ2n) is 4.41. The van der Waals surface area contributed by atoms with Gasteiger partial charge in [0.05, 0.1) is 18.7 Å². The first-order chi connectivity index (χ1) is 8.83. The molecule has 1 fully saturated rings. The van der Waals surface area contributed by atoms with Crippen molar-refractivity contribution in [3.05, 3.63) is 29.3 Å². The lowest BCUT2D eigenvalue weighted by Crippen LogP contribution is -2.34. The molecule has 1 saturated heterocycles. The predicted octanol–water partition coefficient (Wildman–Crippen LogP) is 1.84. The van der Waals surface area contributed by atoms with Crippen molar-refractivity contribution in [2.45, 2.75) is 25.4 Å². The van der Waals surface area contributed by atoms with Crippen LogP contribution in [0, 0.1) is 11.3 Å². The van der Waals surface area contributed by atoms with Gasteiger partial charge in [0.15, 0.2) is 0 Å². The molecule has 1 aromatic rings. The Kier molecular flexibility index (Phi) is 4.57. The van der Waals surface area contributed by atoms with Crippen LogP contribution in [-0.4, -0.2) is 26.4 Å². The fourth-order valence-corrected chi connectivity index (χ4v) is 2.14. The number of methoxy groups -OCH3 is 1. The molecule has 96 valence electrons. The van der Waals surface area contributed by atoms with Crippen molar-refractivity contribution in [1.29, 1.82) is 5.26 Å². The Hall–Kier alpha value is -1.57. The van der Waals surface area contributed by atoms with Gasteiger partial charge in [0.2, 0.25) is 0 Å². The quantitative estimate of drug-likeness (QED) is 0.880. The molecule has 18 heavy (non-hydrogen) atoms. The summed E-state index contributed by atoms with van der Waals surface area (Å²) in [6.45, 7) is 2.38. The van der Waals surface area contributed by atoms with E-state index in [9.17, 15) is 0 Å². The van der Waals surface area contributed by atoms with Gasteiger partial charge in [-0.1, -0.05) is 0 Å². The normalized spacial score (nSPS) is 16.2. The molecular weight excluding hydrogens is 228 g/mol. The third-order valence-corrected chi connectivity index (χ3v) is 3.21. The molecule has 1 heterocycles. The van der Waals surface area contributed by atoms with Gasteiger partial charge in [0.25, 0.3) is 0 Å². The van der Waals surface area contributed by atoms with Crippen LogP contribution in [0.3, 0.4) is 0 Å². The van der Waals surface area contributed by atoms with Crippen molar-refractivity contribution in [1.82, 2.24) is 5.32 Å². The molecule has 0 amide bonds. The van der Waals surface area contributed by atoms with Crippen molar-refractivity contribution in [3.8, 4) is 11.8 Å². The zero-order valence-electron chi connectivity index (χ0n) is 10.6. The average molecular weight is 246 g/mol. The van der Waals surface area contributed by atoms with Crippen molar-refractivity contribution in [3.63, 3.8) is 0 Å². The van der Waals surface area contributed by atoms with Gasteiger partial charge >= 0.3 is 0 Å². The fourth-order valence-electron chi connectivity index (χ4n) is 2.14. The van der Waals surface area contributed by atoms with Gasteiger partial charge in [-0.05, 0) is 31.0 Å². The van der Waals surface area contributed by atoms with Gasteiger partial charge in [-0.2, -0.15) is 5.26 Å². The number of benzene rings is 1. The number of hydrogen-bond acceptors (Lipinski definition) is 4. The first-order valence-electron chi connectivity index (χ1n) is 6.21. The Morgan fingerprint density at radius 1 is 1.44 bits per heavy atom. The lowest BCUT2D eigenvalue weighted by Gasteiger charge is -2.23. The van der Waals surface area contributed by atoms with E-state index in [1.807, 2.05) is 12.1 Å². The molecule has 1 aromatic carbocycles. The van der Waals surface area contributed by atoms with Crippen LogP contribution < -0.4 is 10.1 Å². The first-order valence-corrected chi connectivity index (χ1v) is 6.21. The van der Waals surface area contributed by atoms with Crippen LogP contribution in [0.15, 0.2) is 18.2 Å². The molecule has 1 aliphatic rings. The molecule has 1 N–H and O–H groups in total. The van der Waals surface area contributed by atoms with E-state index in [1.54, 1.807) is 13.2 Å². The Labute approximate surface area is 108 Å². The Morgan fingerprint density at radius 2 is 2.22 bits per heavy atom. The molecule has 4 heteroatoms. The van der Waals surface area contributed by atoms with Crippen LogP contribution in [-0.2, 0) is 11.3 Å². The summed E-state index contributed by atoms with van der Waals surface area (Å²) in [5, 5.41) is 12.4. The van der Waals surface area contributed by atoms with Crippen molar-refractivity contribution in [2.24, 2.45) is 0 Å². The molecule has 0 spiro atoms. The Balaban J connectivity index is 2.00. The van der Waals surface area contributed by atoms with E-state index < -0.39 is 0 Å². The molecule has 0 aliphatic carbocycles. The minimum Gasteiger partial charge on any atom is -0.496 e. The van der Waals surface area contributed by atoms with E-state index in [0.29, 0.717) is 11.6 Å². The van der Waals surface area contributed by atoms with E-state index in [2.05, 4.69) is 11.4 Å². The summed E-state index contributed by atoms with van der Waals surface area (Å²) in [5.41, 5.74) is 1.70. The van der Waals surface area contributed by atoms with E-state index in [1.165, 1.54) is 0 Å². The van der Waals surface area contributed by atoms with E-state index >= 15 is 0 Å². The SMILES string of the molecule is COc1ccc(C#N)cc1CNC1CCOCC1. The largest absolute Gasteiger partial charge is 0.496 e. The predicted molar refractivity (Wildman–Crippen MR) is 68.4 cm³/mol. The molecule has 0 radical (unpaired) electrons. The molecule has 0 aromatic heterocycles. The van der Waals surface area contributed by atoms with Crippen LogP contribution >= 0.6 is 0 Å². The topological polar surface area (TPSA) is 54.3 Å². The zero-order valence-corrected chi connectivity index (χ0v) is 10.6. The van der Waals surface area contributed by atoms with E-state index in [0.717, 1.165) is 43.9 Å². The lowest BCUT2D eigenvalue weighted by atomic mass is 10.1. The average Bonchev–Trinajstić information content (AvgIpc) is 2.45. The van der Waals surface area contributed by atoms with Crippen LogP contribution in [0.25, 0.3) is 0 Å². The molecule has 4 nitrogen and oxygen atoms in total. The monoisotopic (exact) mass is 246 g/mol. The van der Waals surface area contributed by atoms with Crippen LogP contribution in [0.4, 0.5) is 0 Å². The van der Waals surface area contributed by atoms with Gasteiger partial charge in [-0.15, -0.1) is 0 Å². The second kappa shape index (κ2) is 6.39. The maximum Gasteiger partial charge on any atom is 0.123 e. The van der Waals surface area contributed by atoms with Crippen molar-refractivity contribution in [2.75, 3.05) is 20.3 Å². The number of ether oxygens (including phenoxy) is 2. The van der Waals surface area contributed by atoms with Crippen molar-refractivity contribution >= 4 is 0 Å². The maximum absolute atomic E-state index is 8.91. The minimum atomic E-state index is 0.495. The summed E-state index contributed by atoms with van der Waals surface area (Å²) < 4.78 is 10.6. The van der Waals surface area contributed by atoms with E-state index in [4.69, 9.17) is 14.7 Å². The maximum atomic E-state index is 8.91. The van der Waals surface area contributed by atoms with Crippen molar-refractivity contribution < 1.29 is 9.47 Å². The summed E-state index contributed by atoms with van der Waals surface area (Å²) >= 11 is 0. The highest BCUT2D eigenvalue weighted by molar-refractivity contribution is 5.42. The van der Waals surface area contributed by atoms with Gasteiger partial charge in [-0.3, -0.25) is 0 Å². The third-order valence-electron chi connectivity index (χ3n) is 3.21. The number of hydrogen-bond donors (Lipinski definition) is 1. The highest BCUT2D eigenvalue weighted by Crippen LogP contribution is 2.20. The lowest BCUT2D eigenvalue weighted by molar-refractivity contribution is 0.0775. The number of nitrogens with one attached hydrogen (secondary N) is 1. The summed E-state index contributed by atoms with van der Waals surface area (Å²) in [5.74, 6) is 0.827. The summed E-state index contributed by atoms with van der Waals surface area (Å²) in [6.07, 6.45) is 2.08. The number of rotatable bonds is 4. The third kappa shape index (κ3) is 3.22. The molecule has 2 rings (SSSR count). The summed E-state index contributed by atoms with van der Waals surface area (Å²) in [7, 11) is 1.65.